The number of primary amides is 1. The third-order valence-electron chi connectivity index (χ3n) is 7.22. The van der Waals surface area contributed by atoms with Crippen LogP contribution in [0.5, 0.6) is 0 Å². The van der Waals surface area contributed by atoms with Crippen molar-refractivity contribution in [2.45, 2.75) is 39.5 Å². The molecule has 2 atom stereocenters. The van der Waals surface area contributed by atoms with E-state index in [1.54, 1.807) is 37.3 Å². The monoisotopic (exact) mass is 710 g/mol. The zero-order valence-corrected chi connectivity index (χ0v) is 25.6. The van der Waals surface area contributed by atoms with E-state index >= 15 is 0 Å². The van der Waals surface area contributed by atoms with E-state index in [9.17, 15) is 35.9 Å². The van der Waals surface area contributed by atoms with Gasteiger partial charge in [-0.15, -0.1) is 0 Å². The highest BCUT2D eigenvalue weighted by Crippen LogP contribution is 2.56. The summed E-state index contributed by atoms with van der Waals surface area (Å²) in [5.74, 6) is -1.49. The van der Waals surface area contributed by atoms with Gasteiger partial charge in [-0.1, -0.05) is 44.2 Å². The lowest BCUT2D eigenvalue weighted by Gasteiger charge is -2.49. The molecule has 2 aromatic carbocycles. The highest BCUT2D eigenvalue weighted by molar-refractivity contribution is 14.1. The maximum atomic E-state index is 14.1. The van der Waals surface area contributed by atoms with Gasteiger partial charge in [-0.2, -0.15) is 38.1 Å². The number of thioether (sulfide) groups is 1. The van der Waals surface area contributed by atoms with Crippen molar-refractivity contribution in [2.75, 3.05) is 17.3 Å². The van der Waals surface area contributed by atoms with Gasteiger partial charge in [0, 0.05) is 9.27 Å². The minimum Gasteiger partial charge on any atom is -0.369 e. The zero-order valence-electron chi connectivity index (χ0n) is 22.6. The van der Waals surface area contributed by atoms with Gasteiger partial charge in [0.05, 0.1) is 17.0 Å². The van der Waals surface area contributed by atoms with Crippen molar-refractivity contribution in [3.8, 4) is 0 Å². The van der Waals surface area contributed by atoms with Gasteiger partial charge >= 0.3 is 12.4 Å². The standard InChI is InChI=1S/C29H29F6IN2O2S/c1-16-10-17(11-18-12-19(28(30,31)32)14-20(13-18)29(33,34)35)8-9-22(16)38-25(40)27(26(2,3)15-41-4)21(24(37)39)6-5-7-23(27)36/h5-10,12-14,21H,11,15H2,1-4H3,(H2,37,39)(H,38,40). The molecule has 3 rings (SSSR count). The number of amides is 2. The predicted octanol–water partition coefficient (Wildman–Crippen LogP) is 7.93. The molecule has 3 N–H and O–H groups in total. The molecule has 4 nitrogen and oxygen atoms in total. The van der Waals surface area contributed by atoms with Crippen molar-refractivity contribution in [3.63, 3.8) is 0 Å². The van der Waals surface area contributed by atoms with E-state index in [4.69, 9.17) is 5.73 Å². The maximum Gasteiger partial charge on any atom is 0.416 e. The van der Waals surface area contributed by atoms with Crippen LogP contribution in [0.15, 0.2) is 58.2 Å². The molecular weight excluding hydrogens is 681 g/mol. The van der Waals surface area contributed by atoms with Crippen molar-refractivity contribution < 1.29 is 35.9 Å². The number of nitrogens with two attached hydrogens (primary N) is 1. The smallest absolute Gasteiger partial charge is 0.369 e. The van der Waals surface area contributed by atoms with Crippen LogP contribution in [0, 0.1) is 23.7 Å². The molecule has 0 aliphatic heterocycles. The summed E-state index contributed by atoms with van der Waals surface area (Å²) in [4.78, 5) is 26.7. The fraction of sp³-hybridized carbons (Fsp3) is 0.379. The second kappa shape index (κ2) is 12.0. The fourth-order valence-corrected chi connectivity index (χ4v) is 7.78. The van der Waals surface area contributed by atoms with Crippen molar-refractivity contribution in [1.82, 2.24) is 0 Å². The molecule has 0 spiro atoms. The van der Waals surface area contributed by atoms with Crippen LogP contribution < -0.4 is 11.1 Å². The molecule has 0 fully saturated rings. The molecule has 1 aliphatic carbocycles. The minimum absolute atomic E-state index is 0.0946. The number of alkyl halides is 6. The lowest BCUT2D eigenvalue weighted by atomic mass is 9.57. The van der Waals surface area contributed by atoms with Crippen LogP contribution in [0.4, 0.5) is 32.0 Å². The first-order valence-electron chi connectivity index (χ1n) is 12.4. The maximum absolute atomic E-state index is 14.1. The Morgan fingerprint density at radius 1 is 1.00 bits per heavy atom. The Bertz CT molecular complexity index is 1370. The number of carbonyl (C=O) groups is 2. The number of hydrogen-bond acceptors (Lipinski definition) is 3. The number of nitrogens with one attached hydrogen (secondary N) is 1. The lowest BCUT2D eigenvalue weighted by Crippen LogP contribution is -2.57. The summed E-state index contributed by atoms with van der Waals surface area (Å²) in [6.45, 7) is 5.45. The molecule has 12 heteroatoms. The van der Waals surface area contributed by atoms with Gasteiger partial charge in [-0.05, 0) is 94.3 Å². The van der Waals surface area contributed by atoms with Gasteiger partial charge in [0.25, 0.3) is 0 Å². The third kappa shape index (κ3) is 6.79. The third-order valence-corrected chi connectivity index (χ3v) is 9.44. The second-order valence-electron chi connectivity index (χ2n) is 10.6. The fourth-order valence-electron chi connectivity index (χ4n) is 5.31. The normalized spacial score (nSPS) is 19.6. The van der Waals surface area contributed by atoms with Gasteiger partial charge in [0.1, 0.15) is 5.41 Å². The predicted molar refractivity (Wildman–Crippen MR) is 158 cm³/mol. The average Bonchev–Trinajstić information content (AvgIpc) is 2.84. The van der Waals surface area contributed by atoms with Gasteiger partial charge in [0.2, 0.25) is 11.8 Å². The van der Waals surface area contributed by atoms with Gasteiger partial charge in [-0.25, -0.2) is 0 Å². The van der Waals surface area contributed by atoms with Gasteiger partial charge < -0.3 is 11.1 Å². The Kier molecular flexibility index (Phi) is 9.68. The Hall–Kier alpha value is -2.48. The number of rotatable bonds is 8. The summed E-state index contributed by atoms with van der Waals surface area (Å²) in [5.41, 5.74) is 2.20. The van der Waals surface area contributed by atoms with Gasteiger partial charge in [0.15, 0.2) is 0 Å². The highest BCUT2D eigenvalue weighted by atomic mass is 127. The first-order valence-corrected chi connectivity index (χ1v) is 14.8. The SMILES string of the molecule is CSCC(C)(C)C1(C(=O)Nc2ccc(Cc3cc(C(F)(F)F)cc(C(F)(F)F)c3)cc2C)C(I)=CC=CC1C(N)=O. The van der Waals surface area contributed by atoms with E-state index < -0.39 is 52.0 Å². The molecule has 41 heavy (non-hydrogen) atoms. The molecule has 0 bridgehead atoms. The van der Waals surface area contributed by atoms with Crippen LogP contribution in [-0.4, -0.2) is 23.8 Å². The molecule has 1 aliphatic rings. The molecule has 0 saturated carbocycles. The molecule has 0 aromatic heterocycles. The number of carbonyl (C=O) groups excluding carboxylic acids is 2. The first-order chi connectivity index (χ1) is 18.8. The van der Waals surface area contributed by atoms with E-state index in [1.807, 2.05) is 20.1 Å². The number of hydrogen-bond donors (Lipinski definition) is 2. The Balaban J connectivity index is 1.99. The van der Waals surface area contributed by atoms with Crippen molar-refractivity contribution in [1.29, 1.82) is 0 Å². The largest absolute Gasteiger partial charge is 0.416 e. The Morgan fingerprint density at radius 3 is 2.07 bits per heavy atom. The number of anilines is 1. The summed E-state index contributed by atoms with van der Waals surface area (Å²) in [5, 5.41) is 2.92. The number of benzene rings is 2. The van der Waals surface area contributed by atoms with E-state index in [2.05, 4.69) is 27.9 Å². The van der Waals surface area contributed by atoms with E-state index in [-0.39, 0.29) is 18.1 Å². The zero-order chi connectivity index (χ0) is 31.0. The molecule has 0 saturated heterocycles. The quantitative estimate of drug-likeness (QED) is 0.216. The van der Waals surface area contributed by atoms with Crippen molar-refractivity contribution in [2.24, 2.45) is 22.5 Å². The van der Waals surface area contributed by atoms with Crippen LogP contribution >= 0.6 is 34.4 Å². The first kappa shape index (κ1) is 33.0. The molecule has 2 unspecified atom stereocenters. The molecule has 222 valence electrons. The molecular formula is C29H29F6IN2O2S. The van der Waals surface area contributed by atoms with Crippen LogP contribution in [0.3, 0.4) is 0 Å². The summed E-state index contributed by atoms with van der Waals surface area (Å²) in [6.07, 6.45) is -3.11. The van der Waals surface area contributed by atoms with E-state index in [1.165, 1.54) is 17.8 Å². The number of aryl methyl sites for hydroxylation is 1. The lowest BCUT2D eigenvalue weighted by molar-refractivity contribution is -0.143. The Labute approximate surface area is 252 Å². The van der Waals surface area contributed by atoms with Crippen LogP contribution in [0.25, 0.3) is 0 Å². The summed E-state index contributed by atoms with van der Waals surface area (Å²) in [7, 11) is 0. The second-order valence-corrected chi connectivity index (χ2v) is 12.6. The molecule has 0 heterocycles. The molecule has 2 aromatic rings. The highest BCUT2D eigenvalue weighted by Gasteiger charge is 2.59. The number of allylic oxidation sites excluding steroid dienone is 2. The van der Waals surface area contributed by atoms with Crippen LogP contribution in [0.2, 0.25) is 0 Å². The molecule has 0 radical (unpaired) electrons. The number of halogens is 7. The van der Waals surface area contributed by atoms with Crippen LogP contribution in [-0.2, 0) is 28.4 Å². The average molecular weight is 711 g/mol. The van der Waals surface area contributed by atoms with Crippen molar-refractivity contribution in [3.05, 3.63) is 86.0 Å². The van der Waals surface area contributed by atoms with E-state index in [0.29, 0.717) is 38.3 Å². The summed E-state index contributed by atoms with van der Waals surface area (Å²) in [6, 6.07) is 6.17. The van der Waals surface area contributed by atoms with Crippen LogP contribution in [0.1, 0.15) is 41.7 Å². The van der Waals surface area contributed by atoms with Crippen molar-refractivity contribution >= 4 is 51.9 Å². The van der Waals surface area contributed by atoms with Gasteiger partial charge in [-0.3, -0.25) is 9.59 Å². The summed E-state index contributed by atoms with van der Waals surface area (Å²) >= 11 is 3.58. The topological polar surface area (TPSA) is 72.2 Å². The Morgan fingerprint density at radius 2 is 1.59 bits per heavy atom. The minimum atomic E-state index is -4.94. The summed E-state index contributed by atoms with van der Waals surface area (Å²) < 4.78 is 80.4. The van der Waals surface area contributed by atoms with E-state index in [0.717, 1.165) is 0 Å². The molecule has 2 amide bonds.